The molecule has 1 aliphatic rings. The van der Waals surface area contributed by atoms with Gasteiger partial charge in [0.15, 0.2) is 0 Å². The van der Waals surface area contributed by atoms with E-state index in [9.17, 15) is 9.90 Å². The van der Waals surface area contributed by atoms with E-state index in [1.807, 2.05) is 6.92 Å². The maximum atomic E-state index is 11.4. The van der Waals surface area contributed by atoms with Crippen molar-refractivity contribution in [2.75, 3.05) is 6.61 Å². The number of aliphatic hydroxyl groups is 1. The van der Waals surface area contributed by atoms with Gasteiger partial charge >= 0.3 is 5.97 Å². The van der Waals surface area contributed by atoms with E-state index in [-0.39, 0.29) is 18.0 Å². The molecule has 1 rings (SSSR count). The summed E-state index contributed by atoms with van der Waals surface area (Å²) >= 11 is 0. The third-order valence-corrected chi connectivity index (χ3v) is 2.48. The Kier molecular flexibility index (Phi) is 4.22. The van der Waals surface area contributed by atoms with Gasteiger partial charge in [-0.15, -0.1) is 0 Å². The summed E-state index contributed by atoms with van der Waals surface area (Å²) in [5, 5.41) is 9.23. The number of hydrogen-bond acceptors (Lipinski definition) is 3. The normalized spacial score (nSPS) is 28.5. The zero-order valence-electron chi connectivity index (χ0n) is 8.16. The first-order valence-electron chi connectivity index (χ1n) is 5.08. The second-order valence-electron chi connectivity index (χ2n) is 3.67. The minimum Gasteiger partial charge on any atom is -0.465 e. The van der Waals surface area contributed by atoms with Crippen LogP contribution in [0.5, 0.6) is 0 Å². The van der Waals surface area contributed by atoms with Gasteiger partial charge in [0.05, 0.1) is 18.6 Å². The van der Waals surface area contributed by atoms with Crippen LogP contribution in [0.2, 0.25) is 0 Å². The molecule has 0 spiro atoms. The third-order valence-electron chi connectivity index (χ3n) is 2.48. The molecule has 0 aromatic heterocycles. The van der Waals surface area contributed by atoms with E-state index in [2.05, 4.69) is 0 Å². The Labute approximate surface area is 79.1 Å². The minimum atomic E-state index is -0.199. The van der Waals surface area contributed by atoms with Crippen LogP contribution in [0.15, 0.2) is 0 Å². The molecule has 1 saturated carbocycles. The van der Waals surface area contributed by atoms with Crippen molar-refractivity contribution in [3.8, 4) is 0 Å². The van der Waals surface area contributed by atoms with Crippen LogP contribution in [0.4, 0.5) is 0 Å². The molecule has 0 radical (unpaired) electrons. The SMILES string of the molecule is CCCOC(=O)[C@H]1CC[C@H](O)CC1. The molecule has 0 aromatic rings. The molecule has 3 heteroatoms. The lowest BCUT2D eigenvalue weighted by Crippen LogP contribution is -2.25. The fraction of sp³-hybridized carbons (Fsp3) is 0.900. The second kappa shape index (κ2) is 5.22. The number of carbonyl (C=O) groups excluding carboxylic acids is 1. The molecular weight excluding hydrogens is 168 g/mol. The van der Waals surface area contributed by atoms with E-state index < -0.39 is 0 Å². The van der Waals surface area contributed by atoms with E-state index in [1.54, 1.807) is 0 Å². The van der Waals surface area contributed by atoms with E-state index in [4.69, 9.17) is 4.74 Å². The van der Waals surface area contributed by atoms with Crippen molar-refractivity contribution in [2.45, 2.75) is 45.1 Å². The number of carbonyl (C=O) groups is 1. The standard InChI is InChI=1S/C10H18O3/c1-2-7-13-10(12)8-3-5-9(11)6-4-8/h8-9,11H,2-7H2,1H3/t8-,9-. The second-order valence-corrected chi connectivity index (χ2v) is 3.67. The summed E-state index contributed by atoms with van der Waals surface area (Å²) < 4.78 is 5.05. The van der Waals surface area contributed by atoms with Crippen LogP contribution >= 0.6 is 0 Å². The summed E-state index contributed by atoms with van der Waals surface area (Å²) in [6, 6.07) is 0. The van der Waals surface area contributed by atoms with E-state index >= 15 is 0 Å². The maximum absolute atomic E-state index is 11.4. The van der Waals surface area contributed by atoms with Gasteiger partial charge < -0.3 is 9.84 Å². The lowest BCUT2D eigenvalue weighted by molar-refractivity contribution is -0.150. The highest BCUT2D eigenvalue weighted by Crippen LogP contribution is 2.25. The van der Waals surface area contributed by atoms with Crippen LogP contribution in [0.3, 0.4) is 0 Å². The smallest absolute Gasteiger partial charge is 0.308 e. The van der Waals surface area contributed by atoms with Crippen molar-refractivity contribution in [3.63, 3.8) is 0 Å². The van der Waals surface area contributed by atoms with Crippen molar-refractivity contribution in [1.82, 2.24) is 0 Å². The van der Waals surface area contributed by atoms with Crippen molar-refractivity contribution < 1.29 is 14.6 Å². The highest BCUT2D eigenvalue weighted by molar-refractivity contribution is 5.72. The monoisotopic (exact) mass is 186 g/mol. The number of ether oxygens (including phenoxy) is 1. The van der Waals surface area contributed by atoms with Gasteiger partial charge in [-0.05, 0) is 32.1 Å². The summed E-state index contributed by atoms with van der Waals surface area (Å²) in [6.07, 6.45) is 3.72. The Balaban J connectivity index is 2.23. The van der Waals surface area contributed by atoms with Gasteiger partial charge in [-0.2, -0.15) is 0 Å². The summed E-state index contributed by atoms with van der Waals surface area (Å²) in [4.78, 5) is 11.4. The molecule has 1 aliphatic carbocycles. The highest BCUT2D eigenvalue weighted by atomic mass is 16.5. The topological polar surface area (TPSA) is 46.5 Å². The summed E-state index contributed by atoms with van der Waals surface area (Å²) in [5.74, 6) is -0.0382. The molecule has 0 saturated heterocycles. The van der Waals surface area contributed by atoms with E-state index in [1.165, 1.54) is 0 Å². The van der Waals surface area contributed by atoms with Crippen molar-refractivity contribution in [2.24, 2.45) is 5.92 Å². The van der Waals surface area contributed by atoms with Gasteiger partial charge in [0.2, 0.25) is 0 Å². The fourth-order valence-corrected chi connectivity index (χ4v) is 1.63. The van der Waals surface area contributed by atoms with E-state index in [0.29, 0.717) is 6.61 Å². The quantitative estimate of drug-likeness (QED) is 0.679. The Morgan fingerprint density at radius 1 is 1.38 bits per heavy atom. The molecule has 0 aromatic carbocycles. The molecule has 1 fully saturated rings. The highest BCUT2D eigenvalue weighted by Gasteiger charge is 2.25. The Hall–Kier alpha value is -0.570. The lowest BCUT2D eigenvalue weighted by atomic mass is 9.88. The third kappa shape index (κ3) is 3.35. The zero-order chi connectivity index (χ0) is 9.68. The first-order chi connectivity index (χ1) is 6.24. The average Bonchev–Trinajstić information content (AvgIpc) is 2.15. The summed E-state index contributed by atoms with van der Waals surface area (Å²) in [7, 11) is 0. The predicted molar refractivity (Wildman–Crippen MR) is 49.2 cm³/mol. The molecular formula is C10H18O3. The zero-order valence-corrected chi connectivity index (χ0v) is 8.16. The first kappa shape index (κ1) is 10.5. The van der Waals surface area contributed by atoms with Crippen LogP contribution in [0, 0.1) is 5.92 Å². The number of esters is 1. The average molecular weight is 186 g/mol. The van der Waals surface area contributed by atoms with Gasteiger partial charge in [-0.25, -0.2) is 0 Å². The van der Waals surface area contributed by atoms with Crippen LogP contribution in [0.25, 0.3) is 0 Å². The van der Waals surface area contributed by atoms with Crippen molar-refractivity contribution in [3.05, 3.63) is 0 Å². The van der Waals surface area contributed by atoms with Crippen molar-refractivity contribution in [1.29, 1.82) is 0 Å². The molecule has 0 atom stereocenters. The van der Waals surface area contributed by atoms with Gasteiger partial charge in [0.25, 0.3) is 0 Å². The Morgan fingerprint density at radius 3 is 2.54 bits per heavy atom. The molecule has 0 amide bonds. The van der Waals surface area contributed by atoms with Gasteiger partial charge in [0.1, 0.15) is 0 Å². The Bertz CT molecular complexity index is 160. The fourth-order valence-electron chi connectivity index (χ4n) is 1.63. The largest absolute Gasteiger partial charge is 0.465 e. The van der Waals surface area contributed by atoms with Crippen LogP contribution in [-0.4, -0.2) is 23.8 Å². The minimum absolute atomic E-state index is 0.0370. The molecule has 13 heavy (non-hydrogen) atoms. The van der Waals surface area contributed by atoms with Gasteiger partial charge in [0, 0.05) is 0 Å². The van der Waals surface area contributed by atoms with Crippen LogP contribution in [0.1, 0.15) is 39.0 Å². The van der Waals surface area contributed by atoms with Crippen LogP contribution in [-0.2, 0) is 9.53 Å². The lowest BCUT2D eigenvalue weighted by Gasteiger charge is -2.23. The van der Waals surface area contributed by atoms with E-state index in [0.717, 1.165) is 32.1 Å². The number of hydrogen-bond donors (Lipinski definition) is 1. The van der Waals surface area contributed by atoms with Gasteiger partial charge in [-0.3, -0.25) is 4.79 Å². The number of aliphatic hydroxyl groups excluding tert-OH is 1. The van der Waals surface area contributed by atoms with Crippen molar-refractivity contribution >= 4 is 5.97 Å². The predicted octanol–water partition coefficient (Wildman–Crippen LogP) is 1.49. The molecule has 0 unspecified atom stereocenters. The summed E-state index contributed by atoms with van der Waals surface area (Å²) in [5.41, 5.74) is 0. The van der Waals surface area contributed by atoms with Gasteiger partial charge in [-0.1, -0.05) is 6.92 Å². The first-order valence-corrected chi connectivity index (χ1v) is 5.08. The molecule has 0 heterocycles. The molecule has 1 N–H and O–H groups in total. The molecule has 0 bridgehead atoms. The molecule has 3 nitrogen and oxygen atoms in total. The Morgan fingerprint density at radius 2 is 2.00 bits per heavy atom. The number of rotatable bonds is 3. The summed E-state index contributed by atoms with van der Waals surface area (Å²) in [6.45, 7) is 2.51. The van der Waals surface area contributed by atoms with Crippen LogP contribution < -0.4 is 0 Å². The molecule has 76 valence electrons. The molecule has 0 aliphatic heterocycles. The maximum Gasteiger partial charge on any atom is 0.308 e.